The van der Waals surface area contributed by atoms with Crippen LogP contribution in [0.2, 0.25) is 10.0 Å². The quantitative estimate of drug-likeness (QED) is 0.672. The maximum absolute atomic E-state index is 6.25. The maximum Gasteiger partial charge on any atom is 0.0742 e. The van der Waals surface area contributed by atoms with Crippen LogP contribution in [0.15, 0.2) is 30.3 Å². The molecular weight excluding hydrogens is 281 g/mol. The lowest BCUT2D eigenvalue weighted by Gasteiger charge is -2.20. The number of hydrogen-bond acceptors (Lipinski definition) is 3. The van der Waals surface area contributed by atoms with Gasteiger partial charge in [-0.1, -0.05) is 41.4 Å². The number of rotatable bonds is 3. The largest absolute Gasteiger partial charge is 0.271 e. The van der Waals surface area contributed by atoms with Gasteiger partial charge in [0.15, 0.2) is 0 Å². The molecule has 2 aromatic rings. The van der Waals surface area contributed by atoms with Crippen LogP contribution >= 0.6 is 23.2 Å². The van der Waals surface area contributed by atoms with Crippen LogP contribution in [0.4, 0.5) is 0 Å². The molecule has 0 radical (unpaired) electrons. The van der Waals surface area contributed by atoms with Gasteiger partial charge in [0.1, 0.15) is 0 Å². The van der Waals surface area contributed by atoms with Crippen LogP contribution in [-0.4, -0.2) is 4.98 Å². The Kier molecular flexibility index (Phi) is 4.42. The van der Waals surface area contributed by atoms with Crippen molar-refractivity contribution in [3.63, 3.8) is 0 Å². The summed E-state index contributed by atoms with van der Waals surface area (Å²) in [5.41, 5.74) is 6.48. The summed E-state index contributed by atoms with van der Waals surface area (Å²) in [6.45, 7) is 3.90. The molecule has 0 saturated carbocycles. The van der Waals surface area contributed by atoms with Gasteiger partial charge in [0, 0.05) is 11.4 Å². The molecule has 1 aromatic heterocycles. The van der Waals surface area contributed by atoms with E-state index in [-0.39, 0.29) is 6.04 Å². The van der Waals surface area contributed by atoms with Crippen molar-refractivity contribution in [1.82, 2.24) is 10.4 Å². The molecule has 0 spiro atoms. The number of nitrogens with two attached hydrogens (primary N) is 1. The molecule has 5 heteroatoms. The first-order chi connectivity index (χ1) is 9.04. The molecule has 1 unspecified atom stereocenters. The summed E-state index contributed by atoms with van der Waals surface area (Å²) in [5.74, 6) is 5.68. The third-order valence-corrected chi connectivity index (χ3v) is 3.87. The van der Waals surface area contributed by atoms with Crippen molar-refractivity contribution in [1.29, 1.82) is 0 Å². The van der Waals surface area contributed by atoms with E-state index in [2.05, 4.69) is 10.4 Å². The first-order valence-corrected chi connectivity index (χ1v) is 6.64. The zero-order valence-corrected chi connectivity index (χ0v) is 12.3. The number of hydrogen-bond donors (Lipinski definition) is 2. The van der Waals surface area contributed by atoms with Crippen molar-refractivity contribution >= 4 is 23.2 Å². The Balaban J connectivity index is 2.53. The SMILES string of the molecule is Cc1ccc(C(NN)c2cccc(Cl)c2Cl)c(C)n1. The van der Waals surface area contributed by atoms with E-state index in [4.69, 9.17) is 29.0 Å². The average Bonchev–Trinajstić information content (AvgIpc) is 2.37. The van der Waals surface area contributed by atoms with Crippen LogP contribution in [0.25, 0.3) is 0 Å². The normalized spacial score (nSPS) is 12.5. The van der Waals surface area contributed by atoms with E-state index in [0.717, 1.165) is 22.5 Å². The molecule has 100 valence electrons. The standard InChI is InChI=1S/C14H15Cl2N3/c1-8-6-7-10(9(2)18-8)14(19-17)11-4-3-5-12(15)13(11)16/h3-7,14,19H,17H2,1-2H3. The second-order valence-corrected chi connectivity index (χ2v) is 5.16. The molecule has 19 heavy (non-hydrogen) atoms. The number of halogens is 2. The summed E-state index contributed by atoms with van der Waals surface area (Å²) in [5, 5.41) is 1.02. The van der Waals surface area contributed by atoms with Crippen molar-refractivity contribution in [3.05, 3.63) is 62.9 Å². The highest BCUT2D eigenvalue weighted by atomic mass is 35.5. The highest BCUT2D eigenvalue weighted by Gasteiger charge is 2.19. The molecule has 2 rings (SSSR count). The lowest BCUT2D eigenvalue weighted by molar-refractivity contribution is 0.630. The monoisotopic (exact) mass is 295 g/mol. The van der Waals surface area contributed by atoms with E-state index in [1.54, 1.807) is 6.07 Å². The van der Waals surface area contributed by atoms with E-state index in [0.29, 0.717) is 10.0 Å². The minimum Gasteiger partial charge on any atom is -0.271 e. The molecule has 3 nitrogen and oxygen atoms in total. The molecule has 1 atom stereocenters. The fraction of sp³-hybridized carbons (Fsp3) is 0.214. The van der Waals surface area contributed by atoms with Crippen molar-refractivity contribution in [2.45, 2.75) is 19.9 Å². The Labute approximate surface area is 122 Å². The third kappa shape index (κ3) is 2.90. The average molecular weight is 296 g/mol. The molecule has 1 heterocycles. The second kappa shape index (κ2) is 5.88. The minimum absolute atomic E-state index is 0.237. The minimum atomic E-state index is -0.237. The van der Waals surface area contributed by atoms with E-state index in [9.17, 15) is 0 Å². The second-order valence-electron chi connectivity index (χ2n) is 4.37. The summed E-state index contributed by atoms with van der Waals surface area (Å²) >= 11 is 12.3. The van der Waals surface area contributed by atoms with Crippen LogP contribution < -0.4 is 11.3 Å². The topological polar surface area (TPSA) is 50.9 Å². The lowest BCUT2D eigenvalue weighted by Crippen LogP contribution is -2.29. The van der Waals surface area contributed by atoms with Gasteiger partial charge in [-0.3, -0.25) is 10.8 Å². The first kappa shape index (κ1) is 14.3. The Morgan fingerprint density at radius 2 is 1.84 bits per heavy atom. The molecule has 3 N–H and O–H groups in total. The van der Waals surface area contributed by atoms with Gasteiger partial charge in [-0.2, -0.15) is 0 Å². The van der Waals surface area contributed by atoms with Gasteiger partial charge in [-0.25, -0.2) is 5.43 Å². The Morgan fingerprint density at radius 1 is 1.11 bits per heavy atom. The predicted molar refractivity (Wildman–Crippen MR) is 79.3 cm³/mol. The molecule has 0 aliphatic heterocycles. The zero-order chi connectivity index (χ0) is 14.0. The third-order valence-electron chi connectivity index (χ3n) is 3.04. The van der Waals surface area contributed by atoms with Gasteiger partial charge in [0.05, 0.1) is 16.1 Å². The van der Waals surface area contributed by atoms with Crippen LogP contribution in [0.3, 0.4) is 0 Å². The predicted octanol–water partition coefficient (Wildman–Crippen LogP) is 3.56. The van der Waals surface area contributed by atoms with Gasteiger partial charge in [-0.05, 0) is 37.1 Å². The van der Waals surface area contributed by atoms with E-state index < -0.39 is 0 Å². The summed E-state index contributed by atoms with van der Waals surface area (Å²) in [6, 6.07) is 9.22. The van der Waals surface area contributed by atoms with Gasteiger partial charge in [0.2, 0.25) is 0 Å². The molecule has 0 aliphatic carbocycles. The molecule has 1 aromatic carbocycles. The number of benzene rings is 1. The van der Waals surface area contributed by atoms with E-state index in [1.807, 2.05) is 38.1 Å². The van der Waals surface area contributed by atoms with Crippen molar-refractivity contribution in [2.75, 3.05) is 0 Å². The Hall–Kier alpha value is -1.13. The lowest BCUT2D eigenvalue weighted by atomic mass is 9.98. The first-order valence-electron chi connectivity index (χ1n) is 5.88. The van der Waals surface area contributed by atoms with Crippen LogP contribution in [0.5, 0.6) is 0 Å². The number of hydrazine groups is 1. The summed E-state index contributed by atoms with van der Waals surface area (Å²) in [6.07, 6.45) is 0. The molecule has 0 bridgehead atoms. The molecule has 0 amide bonds. The smallest absolute Gasteiger partial charge is 0.0742 e. The summed E-state index contributed by atoms with van der Waals surface area (Å²) in [7, 11) is 0. The fourth-order valence-corrected chi connectivity index (χ4v) is 2.51. The van der Waals surface area contributed by atoms with E-state index in [1.165, 1.54) is 0 Å². The Morgan fingerprint density at radius 3 is 2.47 bits per heavy atom. The van der Waals surface area contributed by atoms with Crippen molar-refractivity contribution in [3.8, 4) is 0 Å². The van der Waals surface area contributed by atoms with Crippen LogP contribution in [-0.2, 0) is 0 Å². The molecule has 0 aliphatic rings. The summed E-state index contributed by atoms with van der Waals surface area (Å²) in [4.78, 5) is 4.45. The van der Waals surface area contributed by atoms with Crippen LogP contribution in [0, 0.1) is 13.8 Å². The van der Waals surface area contributed by atoms with Crippen molar-refractivity contribution in [2.24, 2.45) is 5.84 Å². The van der Waals surface area contributed by atoms with Gasteiger partial charge >= 0.3 is 0 Å². The number of pyridine rings is 1. The Bertz CT molecular complexity index is 599. The fourth-order valence-electron chi connectivity index (χ4n) is 2.09. The summed E-state index contributed by atoms with van der Waals surface area (Å²) < 4.78 is 0. The van der Waals surface area contributed by atoms with E-state index >= 15 is 0 Å². The number of nitrogens with zero attached hydrogens (tertiary/aromatic N) is 1. The number of aryl methyl sites for hydroxylation is 2. The van der Waals surface area contributed by atoms with Gasteiger partial charge in [0.25, 0.3) is 0 Å². The van der Waals surface area contributed by atoms with Gasteiger partial charge in [-0.15, -0.1) is 0 Å². The number of nitrogens with one attached hydrogen (secondary N) is 1. The molecule has 0 saturated heterocycles. The molecular formula is C14H15Cl2N3. The number of aromatic nitrogens is 1. The zero-order valence-electron chi connectivity index (χ0n) is 10.7. The highest BCUT2D eigenvalue weighted by Crippen LogP contribution is 2.33. The van der Waals surface area contributed by atoms with Crippen LogP contribution in [0.1, 0.15) is 28.6 Å². The van der Waals surface area contributed by atoms with Crippen molar-refractivity contribution < 1.29 is 0 Å². The highest BCUT2D eigenvalue weighted by molar-refractivity contribution is 6.42. The molecule has 0 fully saturated rings. The maximum atomic E-state index is 6.25. The van der Waals surface area contributed by atoms with Gasteiger partial charge < -0.3 is 0 Å².